The Balaban J connectivity index is 1.58. The number of carbonyl (C=O) groups is 1. The van der Waals surface area contributed by atoms with Crippen LogP contribution in [0.25, 0.3) is 21.7 Å². The average molecular weight is 402 g/mol. The van der Waals surface area contributed by atoms with Crippen molar-refractivity contribution < 1.29 is 13.6 Å². The van der Waals surface area contributed by atoms with E-state index in [4.69, 9.17) is 0 Å². The van der Waals surface area contributed by atoms with Crippen molar-refractivity contribution in [3.8, 4) is 10.7 Å². The van der Waals surface area contributed by atoms with Gasteiger partial charge < -0.3 is 9.88 Å². The Hall–Kier alpha value is -3.14. The lowest BCUT2D eigenvalue weighted by Gasteiger charge is -2.13. The van der Waals surface area contributed by atoms with Crippen LogP contribution in [-0.4, -0.2) is 30.0 Å². The van der Waals surface area contributed by atoms with Crippen LogP contribution in [0.3, 0.4) is 0 Å². The molecule has 3 aromatic heterocycles. The van der Waals surface area contributed by atoms with Crippen molar-refractivity contribution in [2.45, 2.75) is 26.4 Å². The summed E-state index contributed by atoms with van der Waals surface area (Å²) in [6, 6.07) is 7.00. The molecule has 28 heavy (non-hydrogen) atoms. The molecule has 4 rings (SSSR count). The Morgan fingerprint density at radius 2 is 2.00 bits per heavy atom. The smallest absolute Gasteiger partial charge is 0.318 e. The Morgan fingerprint density at radius 3 is 2.79 bits per heavy atom. The van der Waals surface area contributed by atoms with E-state index in [1.165, 1.54) is 12.4 Å². The summed E-state index contributed by atoms with van der Waals surface area (Å²) in [6.45, 7) is 0.749. The molecule has 0 fully saturated rings. The molecule has 4 aromatic rings. The summed E-state index contributed by atoms with van der Waals surface area (Å²) >= 11 is 1.11. The summed E-state index contributed by atoms with van der Waals surface area (Å²) in [5, 5.41) is 3.09. The molecule has 0 aliphatic rings. The molecular formula is C18H16F2N6OS. The number of hydrogen-bond acceptors (Lipinski definition) is 5. The van der Waals surface area contributed by atoms with E-state index < -0.39 is 12.6 Å². The second-order valence-electron chi connectivity index (χ2n) is 6.18. The molecule has 0 aliphatic heterocycles. The zero-order chi connectivity index (χ0) is 19.8. The topological polar surface area (TPSA) is 77.6 Å². The normalized spacial score (nSPS) is 12.6. The van der Waals surface area contributed by atoms with E-state index >= 15 is 0 Å². The third-order valence-corrected chi connectivity index (χ3v) is 5.46. The van der Waals surface area contributed by atoms with Gasteiger partial charge in [0.05, 0.1) is 27.9 Å². The number of hydrogen-bond donors (Lipinski definition) is 1. The second kappa shape index (κ2) is 7.12. The number of para-hydroxylation sites is 2. The molecule has 1 atom stereocenters. The summed E-state index contributed by atoms with van der Waals surface area (Å²) in [5.41, 5.74) is 2.17. The molecule has 1 N–H and O–H groups in total. The number of aryl methyl sites for hydroxylation is 1. The zero-order valence-corrected chi connectivity index (χ0v) is 15.8. The lowest BCUT2D eigenvalue weighted by Crippen LogP contribution is -2.23. The van der Waals surface area contributed by atoms with Crippen LogP contribution >= 0.6 is 11.3 Å². The first-order valence-electron chi connectivity index (χ1n) is 8.47. The van der Waals surface area contributed by atoms with Crippen LogP contribution in [0, 0.1) is 6.92 Å². The number of thiazole rings is 1. The van der Waals surface area contributed by atoms with Crippen LogP contribution in [0.4, 0.5) is 13.9 Å². The van der Waals surface area contributed by atoms with Crippen molar-refractivity contribution in [2.75, 3.05) is 5.32 Å². The number of fused-ring (bicyclic) bond motifs is 1. The van der Waals surface area contributed by atoms with Crippen molar-refractivity contribution in [3.05, 3.63) is 48.7 Å². The lowest BCUT2D eigenvalue weighted by atomic mass is 10.2. The Morgan fingerprint density at radius 1 is 1.21 bits per heavy atom. The van der Waals surface area contributed by atoms with Gasteiger partial charge in [0.2, 0.25) is 5.91 Å². The van der Waals surface area contributed by atoms with Gasteiger partial charge >= 0.3 is 6.55 Å². The van der Waals surface area contributed by atoms with Crippen LogP contribution in [0.2, 0.25) is 0 Å². The number of alkyl halides is 2. The summed E-state index contributed by atoms with van der Waals surface area (Å²) in [4.78, 5) is 25.8. The number of amides is 1. The molecule has 0 unspecified atom stereocenters. The summed E-state index contributed by atoms with van der Waals surface area (Å²) in [7, 11) is 0. The highest BCUT2D eigenvalue weighted by atomic mass is 32.1. The number of nitrogens with one attached hydrogen (secondary N) is 1. The monoisotopic (exact) mass is 402 g/mol. The molecular weight excluding hydrogens is 386 g/mol. The van der Waals surface area contributed by atoms with Crippen molar-refractivity contribution in [1.29, 1.82) is 0 Å². The quantitative estimate of drug-likeness (QED) is 0.541. The van der Waals surface area contributed by atoms with Crippen molar-refractivity contribution in [2.24, 2.45) is 0 Å². The van der Waals surface area contributed by atoms with E-state index in [-0.39, 0.29) is 11.7 Å². The number of nitrogens with zero attached hydrogens (tertiary/aromatic N) is 5. The van der Waals surface area contributed by atoms with E-state index in [1.54, 1.807) is 24.7 Å². The average Bonchev–Trinajstić information content (AvgIpc) is 3.38. The first kappa shape index (κ1) is 18.2. The summed E-state index contributed by atoms with van der Waals surface area (Å²) < 4.78 is 28.8. The van der Waals surface area contributed by atoms with Crippen LogP contribution in [-0.2, 0) is 4.79 Å². The molecule has 0 spiro atoms. The number of halogens is 2. The maximum absolute atomic E-state index is 13.1. The molecule has 7 nitrogen and oxygen atoms in total. The minimum absolute atomic E-state index is 0.124. The number of aromatic nitrogens is 5. The predicted molar refractivity (Wildman–Crippen MR) is 102 cm³/mol. The number of carbonyl (C=O) groups excluding carboxylic acids is 1. The SMILES string of the molecule is Cc1nc(NC(=O)[C@@H](C)n2cnc3ccccc32)sc1-c1nccn1C(F)F. The molecule has 0 bridgehead atoms. The molecule has 1 amide bonds. The predicted octanol–water partition coefficient (Wildman–Crippen LogP) is 4.26. The number of rotatable bonds is 5. The van der Waals surface area contributed by atoms with E-state index in [2.05, 4.69) is 20.3 Å². The van der Waals surface area contributed by atoms with E-state index in [9.17, 15) is 13.6 Å². The molecule has 0 saturated heterocycles. The van der Waals surface area contributed by atoms with Gasteiger partial charge in [0, 0.05) is 12.4 Å². The van der Waals surface area contributed by atoms with Gasteiger partial charge in [-0.25, -0.2) is 15.0 Å². The lowest BCUT2D eigenvalue weighted by molar-refractivity contribution is -0.118. The van der Waals surface area contributed by atoms with Crippen LogP contribution in [0.1, 0.15) is 25.2 Å². The minimum Gasteiger partial charge on any atom is -0.318 e. The highest BCUT2D eigenvalue weighted by Gasteiger charge is 2.22. The first-order chi connectivity index (χ1) is 13.5. The van der Waals surface area contributed by atoms with Crippen LogP contribution in [0.5, 0.6) is 0 Å². The second-order valence-corrected chi connectivity index (χ2v) is 7.17. The highest BCUT2D eigenvalue weighted by molar-refractivity contribution is 7.19. The maximum atomic E-state index is 13.1. The van der Waals surface area contributed by atoms with Gasteiger partial charge in [0.25, 0.3) is 0 Å². The molecule has 0 saturated carbocycles. The van der Waals surface area contributed by atoms with Gasteiger partial charge in [-0.2, -0.15) is 8.78 Å². The minimum atomic E-state index is -2.70. The fraction of sp³-hybridized carbons (Fsp3) is 0.222. The van der Waals surface area contributed by atoms with Gasteiger partial charge in [0.1, 0.15) is 6.04 Å². The maximum Gasteiger partial charge on any atom is 0.320 e. The van der Waals surface area contributed by atoms with Gasteiger partial charge in [-0.15, -0.1) is 0 Å². The highest BCUT2D eigenvalue weighted by Crippen LogP contribution is 2.33. The van der Waals surface area contributed by atoms with E-state index in [1.807, 2.05) is 24.3 Å². The van der Waals surface area contributed by atoms with Crippen LogP contribution in [0.15, 0.2) is 43.0 Å². The zero-order valence-electron chi connectivity index (χ0n) is 15.0. The fourth-order valence-electron chi connectivity index (χ4n) is 2.93. The van der Waals surface area contributed by atoms with Gasteiger partial charge in [-0.1, -0.05) is 23.5 Å². The Kier molecular flexibility index (Phi) is 4.63. The molecule has 144 valence electrons. The third kappa shape index (κ3) is 3.15. The third-order valence-electron chi connectivity index (χ3n) is 4.39. The fourth-order valence-corrected chi connectivity index (χ4v) is 3.90. The van der Waals surface area contributed by atoms with Crippen molar-refractivity contribution >= 4 is 33.4 Å². The summed E-state index contributed by atoms with van der Waals surface area (Å²) in [6.07, 6.45) is 4.14. The largest absolute Gasteiger partial charge is 0.320 e. The number of imidazole rings is 2. The molecule has 0 aliphatic carbocycles. The van der Waals surface area contributed by atoms with Gasteiger partial charge in [0.15, 0.2) is 11.0 Å². The standard InChI is InChI=1S/C18H16F2N6OS/c1-10-14(15-21-7-8-25(15)17(19)20)28-18(23-10)24-16(27)11(2)26-9-22-12-5-3-4-6-13(12)26/h3-9,11,17H,1-2H3,(H,23,24,27)/t11-/m1/s1. The van der Waals surface area contributed by atoms with Crippen molar-refractivity contribution in [1.82, 2.24) is 24.1 Å². The Labute approximate surface area is 162 Å². The molecule has 0 radical (unpaired) electrons. The molecule has 10 heteroatoms. The van der Waals surface area contributed by atoms with E-state index in [0.717, 1.165) is 26.9 Å². The van der Waals surface area contributed by atoms with Gasteiger partial charge in [-0.3, -0.25) is 9.36 Å². The Bertz CT molecular complexity index is 1150. The van der Waals surface area contributed by atoms with Gasteiger partial charge in [-0.05, 0) is 26.0 Å². The number of anilines is 1. The van der Waals surface area contributed by atoms with Crippen LogP contribution < -0.4 is 5.32 Å². The summed E-state index contributed by atoms with van der Waals surface area (Å²) in [5.74, 6) is -0.153. The number of benzene rings is 1. The van der Waals surface area contributed by atoms with Crippen molar-refractivity contribution in [3.63, 3.8) is 0 Å². The molecule has 3 heterocycles. The van der Waals surface area contributed by atoms with E-state index in [0.29, 0.717) is 15.7 Å². The molecule has 1 aromatic carbocycles. The first-order valence-corrected chi connectivity index (χ1v) is 9.28.